The number of hydrogen-bond acceptors (Lipinski definition) is 5. The van der Waals surface area contributed by atoms with E-state index in [0.717, 1.165) is 31.0 Å². The van der Waals surface area contributed by atoms with Gasteiger partial charge in [-0.15, -0.1) is 24.0 Å². The van der Waals surface area contributed by atoms with Crippen LogP contribution in [0.5, 0.6) is 5.75 Å². The molecule has 1 aromatic rings. The minimum Gasteiger partial charge on any atom is -0.484 e. The molecule has 122 valence electrons. The van der Waals surface area contributed by atoms with Crippen molar-refractivity contribution in [3.8, 4) is 5.75 Å². The average molecular weight is 418 g/mol. The molecule has 1 heterocycles. The van der Waals surface area contributed by atoms with Gasteiger partial charge in [-0.05, 0) is 24.1 Å². The number of carbonyl (C=O) groups is 1. The fourth-order valence-electron chi connectivity index (χ4n) is 1.86. The van der Waals surface area contributed by atoms with Gasteiger partial charge in [0.2, 0.25) is 0 Å². The van der Waals surface area contributed by atoms with Gasteiger partial charge < -0.3 is 20.3 Å². The van der Waals surface area contributed by atoms with Crippen LogP contribution in [-0.4, -0.2) is 50.6 Å². The number of amides is 1. The maximum atomic E-state index is 11.5. The molecule has 6 nitrogen and oxygen atoms in total. The molecule has 0 unspecified atom stereocenters. The molecular weight excluding hydrogens is 395 g/mol. The number of guanidine groups is 1. The summed E-state index contributed by atoms with van der Waals surface area (Å²) in [5, 5.41) is 6.47. The molecule has 7 heteroatoms. The third-order valence-electron chi connectivity index (χ3n) is 3.12. The predicted octanol–water partition coefficient (Wildman–Crippen LogP) is 1.21. The zero-order chi connectivity index (χ0) is 15.1. The average Bonchev–Trinajstić information content (AvgIpc) is 2.52. The van der Waals surface area contributed by atoms with Crippen LogP contribution < -0.4 is 15.4 Å². The fourth-order valence-corrected chi connectivity index (χ4v) is 1.86. The summed E-state index contributed by atoms with van der Waals surface area (Å²) in [6.45, 7) is 2.55. The first-order chi connectivity index (χ1) is 10.1. The molecule has 1 aliphatic rings. The van der Waals surface area contributed by atoms with E-state index in [1.165, 1.54) is 4.90 Å². The summed E-state index contributed by atoms with van der Waals surface area (Å²) in [5.74, 6) is 1.48. The number of benzene rings is 1. The lowest BCUT2D eigenvalue weighted by atomic mass is 10.2. The van der Waals surface area contributed by atoms with Gasteiger partial charge in [0.25, 0.3) is 5.91 Å². The van der Waals surface area contributed by atoms with E-state index in [0.29, 0.717) is 12.3 Å². The minimum absolute atomic E-state index is 0. The summed E-state index contributed by atoms with van der Waals surface area (Å²) >= 11 is 0. The molecule has 1 aliphatic heterocycles. The Kier molecular flexibility index (Phi) is 8.00. The summed E-state index contributed by atoms with van der Waals surface area (Å²) in [4.78, 5) is 17.4. The highest BCUT2D eigenvalue weighted by atomic mass is 127. The molecule has 0 saturated heterocycles. The third-order valence-corrected chi connectivity index (χ3v) is 3.12. The van der Waals surface area contributed by atoms with Crippen LogP contribution in [0.1, 0.15) is 12.0 Å². The van der Waals surface area contributed by atoms with Crippen molar-refractivity contribution in [3.05, 3.63) is 29.8 Å². The van der Waals surface area contributed by atoms with Crippen LogP contribution in [0.3, 0.4) is 0 Å². The minimum atomic E-state index is -0.0562. The highest BCUT2D eigenvalue weighted by Crippen LogP contribution is 2.13. The molecular formula is C15H23IN4O2. The Morgan fingerprint density at radius 3 is 2.95 bits per heavy atom. The van der Waals surface area contributed by atoms with Gasteiger partial charge in [-0.2, -0.15) is 0 Å². The number of aliphatic imine (C=N–C) groups is 1. The van der Waals surface area contributed by atoms with Crippen molar-refractivity contribution >= 4 is 35.8 Å². The highest BCUT2D eigenvalue weighted by Gasteiger charge is 2.06. The lowest BCUT2D eigenvalue weighted by molar-refractivity contribution is -0.130. The van der Waals surface area contributed by atoms with Crippen LogP contribution in [-0.2, 0) is 11.3 Å². The van der Waals surface area contributed by atoms with Gasteiger partial charge >= 0.3 is 0 Å². The quantitative estimate of drug-likeness (QED) is 0.706. The van der Waals surface area contributed by atoms with E-state index in [-0.39, 0.29) is 36.5 Å². The standard InChI is InChI=1S/C15H22N4O2.HI/c1-19(2)14(20)11-21-13-6-3-5-12(9-13)10-18-15-16-7-4-8-17-15;/h3,5-6,9H,4,7-8,10-11H2,1-2H3,(H2,16,17,18);1H. The SMILES string of the molecule is CN(C)C(=O)COc1cccc(CNC2=NCCCN2)c1.I. The van der Waals surface area contributed by atoms with Crippen LogP contribution >= 0.6 is 24.0 Å². The van der Waals surface area contributed by atoms with E-state index in [1.54, 1.807) is 14.1 Å². The van der Waals surface area contributed by atoms with Crippen molar-refractivity contribution in [1.82, 2.24) is 15.5 Å². The van der Waals surface area contributed by atoms with E-state index in [4.69, 9.17) is 4.74 Å². The first-order valence-corrected chi connectivity index (χ1v) is 7.09. The molecule has 22 heavy (non-hydrogen) atoms. The molecule has 2 N–H and O–H groups in total. The molecule has 0 fully saturated rings. The number of likely N-dealkylation sites (N-methyl/N-ethyl adjacent to an activating group) is 1. The van der Waals surface area contributed by atoms with Crippen molar-refractivity contribution in [2.24, 2.45) is 4.99 Å². The molecule has 0 aliphatic carbocycles. The maximum absolute atomic E-state index is 11.5. The molecule has 0 bridgehead atoms. The van der Waals surface area contributed by atoms with E-state index >= 15 is 0 Å². The van der Waals surface area contributed by atoms with Crippen molar-refractivity contribution in [3.63, 3.8) is 0 Å². The van der Waals surface area contributed by atoms with E-state index < -0.39 is 0 Å². The molecule has 0 radical (unpaired) electrons. The van der Waals surface area contributed by atoms with Gasteiger partial charge in [0, 0.05) is 33.7 Å². The van der Waals surface area contributed by atoms with Gasteiger partial charge in [-0.25, -0.2) is 0 Å². The zero-order valence-electron chi connectivity index (χ0n) is 13.0. The van der Waals surface area contributed by atoms with Gasteiger partial charge in [0.15, 0.2) is 12.6 Å². The van der Waals surface area contributed by atoms with E-state index in [1.807, 2.05) is 24.3 Å². The number of nitrogens with zero attached hydrogens (tertiary/aromatic N) is 2. The van der Waals surface area contributed by atoms with Crippen molar-refractivity contribution in [2.75, 3.05) is 33.8 Å². The Balaban J connectivity index is 0.00000242. The Bertz CT molecular complexity index is 520. The molecule has 0 saturated carbocycles. The maximum Gasteiger partial charge on any atom is 0.259 e. The predicted molar refractivity (Wildman–Crippen MR) is 97.8 cm³/mol. The number of carbonyl (C=O) groups excluding carboxylic acids is 1. The lowest BCUT2D eigenvalue weighted by Crippen LogP contribution is -2.40. The van der Waals surface area contributed by atoms with Gasteiger partial charge in [0.1, 0.15) is 5.75 Å². The summed E-state index contributed by atoms with van der Waals surface area (Å²) in [7, 11) is 3.42. The van der Waals surface area contributed by atoms with Crippen LogP contribution in [0.15, 0.2) is 29.3 Å². The summed E-state index contributed by atoms with van der Waals surface area (Å²) in [5.41, 5.74) is 1.08. The Labute approximate surface area is 148 Å². The zero-order valence-corrected chi connectivity index (χ0v) is 15.3. The van der Waals surface area contributed by atoms with Crippen LogP contribution in [0.25, 0.3) is 0 Å². The number of rotatable bonds is 5. The molecule has 0 atom stereocenters. The third kappa shape index (κ3) is 6.08. The van der Waals surface area contributed by atoms with Crippen molar-refractivity contribution in [2.45, 2.75) is 13.0 Å². The number of ether oxygens (including phenoxy) is 1. The first kappa shape index (κ1) is 18.5. The lowest BCUT2D eigenvalue weighted by Gasteiger charge is -2.16. The summed E-state index contributed by atoms with van der Waals surface area (Å²) in [6.07, 6.45) is 1.08. The number of halogens is 1. The van der Waals surface area contributed by atoms with Crippen molar-refractivity contribution < 1.29 is 9.53 Å². The molecule has 0 aromatic heterocycles. The first-order valence-electron chi connectivity index (χ1n) is 7.09. The number of nitrogens with one attached hydrogen (secondary N) is 2. The van der Waals surface area contributed by atoms with Gasteiger partial charge in [-0.1, -0.05) is 12.1 Å². The molecule has 2 rings (SSSR count). The Hall–Kier alpha value is -1.51. The van der Waals surface area contributed by atoms with Crippen molar-refractivity contribution in [1.29, 1.82) is 0 Å². The second-order valence-electron chi connectivity index (χ2n) is 5.09. The fraction of sp³-hybridized carbons (Fsp3) is 0.467. The van der Waals surface area contributed by atoms with Gasteiger partial charge in [-0.3, -0.25) is 9.79 Å². The largest absolute Gasteiger partial charge is 0.484 e. The molecule has 1 aromatic carbocycles. The normalized spacial score (nSPS) is 13.3. The van der Waals surface area contributed by atoms with Crippen LogP contribution in [0.2, 0.25) is 0 Å². The van der Waals surface area contributed by atoms with Crippen LogP contribution in [0.4, 0.5) is 0 Å². The summed E-state index contributed by atoms with van der Waals surface area (Å²) < 4.78 is 5.50. The smallest absolute Gasteiger partial charge is 0.259 e. The van der Waals surface area contributed by atoms with Gasteiger partial charge in [0.05, 0.1) is 0 Å². The monoisotopic (exact) mass is 418 g/mol. The topological polar surface area (TPSA) is 66.0 Å². The molecule has 1 amide bonds. The van der Waals surface area contributed by atoms with E-state index in [9.17, 15) is 4.79 Å². The Morgan fingerprint density at radius 1 is 1.45 bits per heavy atom. The van der Waals surface area contributed by atoms with E-state index in [2.05, 4.69) is 15.6 Å². The number of hydrogen-bond donors (Lipinski definition) is 2. The molecule has 0 spiro atoms. The Morgan fingerprint density at radius 2 is 2.27 bits per heavy atom. The summed E-state index contributed by atoms with van der Waals surface area (Å²) in [6, 6.07) is 7.71. The van der Waals surface area contributed by atoms with Crippen LogP contribution in [0, 0.1) is 0 Å². The second-order valence-corrected chi connectivity index (χ2v) is 5.09. The second kappa shape index (κ2) is 9.50. The highest BCUT2D eigenvalue weighted by molar-refractivity contribution is 14.0.